The molecule has 4 nitrogen and oxygen atoms in total. The van der Waals surface area contributed by atoms with Crippen molar-refractivity contribution in [3.05, 3.63) is 22.8 Å². The fraction of sp³-hybridized carbons (Fsp3) is 0.742. The molecule has 0 aromatic heterocycles. The number of ketones is 1. The molecule has 0 aromatic carbocycles. The molecule has 9 unspecified atom stereocenters. The van der Waals surface area contributed by atoms with Crippen molar-refractivity contribution in [2.45, 2.75) is 96.8 Å². The van der Waals surface area contributed by atoms with Crippen LogP contribution in [0.1, 0.15) is 79.1 Å². The van der Waals surface area contributed by atoms with Crippen LogP contribution in [-0.4, -0.2) is 36.4 Å². The fourth-order valence-electron chi connectivity index (χ4n) is 9.44. The highest BCUT2D eigenvalue weighted by Crippen LogP contribution is 2.64. The van der Waals surface area contributed by atoms with Crippen molar-refractivity contribution in [2.24, 2.45) is 40.9 Å². The summed E-state index contributed by atoms with van der Waals surface area (Å²) in [7, 11) is 0. The number of piperidine rings is 1. The molecule has 2 aliphatic heterocycles. The molecular formula is C31H43NO3. The molecule has 0 bridgehead atoms. The molecule has 2 saturated heterocycles. The second-order valence-corrected chi connectivity index (χ2v) is 12.9. The van der Waals surface area contributed by atoms with E-state index in [2.05, 4.69) is 51.9 Å². The first-order valence-electron chi connectivity index (χ1n) is 13.9. The van der Waals surface area contributed by atoms with Crippen molar-refractivity contribution < 1.29 is 14.3 Å². The van der Waals surface area contributed by atoms with Crippen LogP contribution in [0.4, 0.5) is 0 Å². The average Bonchev–Trinajstić information content (AvgIpc) is 3.30. The average molecular weight is 478 g/mol. The third-order valence-corrected chi connectivity index (χ3v) is 11.3. The number of aldehydes is 1. The first kappa shape index (κ1) is 25.0. The van der Waals surface area contributed by atoms with Crippen molar-refractivity contribution in [3.63, 3.8) is 0 Å². The summed E-state index contributed by atoms with van der Waals surface area (Å²) in [6, 6.07) is 0.505. The lowest BCUT2D eigenvalue weighted by atomic mass is 9.53. The summed E-state index contributed by atoms with van der Waals surface area (Å²) in [5.74, 6) is 3.61. The number of nitrogens with one attached hydrogen (secondary N) is 1. The van der Waals surface area contributed by atoms with Gasteiger partial charge in [0.1, 0.15) is 0 Å². The third-order valence-electron chi connectivity index (χ3n) is 11.3. The lowest BCUT2D eigenvalue weighted by Gasteiger charge is -2.50. The maximum absolute atomic E-state index is 12.4. The van der Waals surface area contributed by atoms with Gasteiger partial charge in [-0.25, -0.2) is 0 Å². The molecule has 4 aliphatic carbocycles. The molecule has 190 valence electrons. The van der Waals surface area contributed by atoms with E-state index in [-0.39, 0.29) is 16.8 Å². The Morgan fingerprint density at radius 3 is 2.69 bits per heavy atom. The van der Waals surface area contributed by atoms with Gasteiger partial charge in [-0.3, -0.25) is 9.59 Å². The zero-order valence-corrected chi connectivity index (χ0v) is 22.0. The molecule has 35 heavy (non-hydrogen) atoms. The Hall–Kier alpha value is -1.70. The van der Waals surface area contributed by atoms with Gasteiger partial charge in [0.15, 0.2) is 12.1 Å². The van der Waals surface area contributed by atoms with Crippen LogP contribution in [0.2, 0.25) is 0 Å². The highest BCUT2D eigenvalue weighted by molar-refractivity contribution is 6.12. The Labute approximate surface area is 211 Å². The highest BCUT2D eigenvalue weighted by Gasteiger charge is 2.59. The first-order chi connectivity index (χ1) is 16.8. The molecule has 1 N–H and O–H groups in total. The number of hydrogen-bond donors (Lipinski definition) is 1. The molecule has 4 heteroatoms. The topological polar surface area (TPSA) is 55.4 Å². The van der Waals surface area contributed by atoms with Gasteiger partial charge < -0.3 is 10.1 Å². The molecule has 0 amide bonds. The van der Waals surface area contributed by atoms with Crippen LogP contribution in [-0.2, 0) is 14.3 Å². The van der Waals surface area contributed by atoms with Crippen LogP contribution in [0.25, 0.3) is 0 Å². The van der Waals surface area contributed by atoms with Crippen molar-refractivity contribution in [2.75, 3.05) is 6.54 Å². The zero-order chi connectivity index (χ0) is 25.1. The minimum atomic E-state index is -0.0175. The van der Waals surface area contributed by atoms with E-state index in [1.807, 2.05) is 0 Å². The smallest absolute Gasteiger partial charge is 0.166 e. The van der Waals surface area contributed by atoms with Gasteiger partial charge in [-0.1, -0.05) is 38.0 Å². The van der Waals surface area contributed by atoms with Gasteiger partial charge in [-0.15, -0.1) is 12.8 Å². The number of carbonyl (C=O) groups excluding carboxylic acids is 2. The van der Waals surface area contributed by atoms with E-state index in [4.69, 9.17) is 4.74 Å². The van der Waals surface area contributed by atoms with E-state index < -0.39 is 0 Å². The van der Waals surface area contributed by atoms with Gasteiger partial charge in [0.05, 0.1) is 17.3 Å². The largest absolute Gasteiger partial charge is 0.369 e. The van der Waals surface area contributed by atoms with Crippen LogP contribution >= 0.6 is 0 Å². The van der Waals surface area contributed by atoms with Crippen LogP contribution in [0.5, 0.6) is 0 Å². The van der Waals surface area contributed by atoms with Gasteiger partial charge >= 0.3 is 0 Å². The number of carbonyl (C=O) groups is 2. The quantitative estimate of drug-likeness (QED) is 0.242. The van der Waals surface area contributed by atoms with E-state index in [1.165, 1.54) is 25.7 Å². The lowest BCUT2D eigenvalue weighted by molar-refractivity contribution is -0.121. The SMILES string of the molecule is C#C.CC1=C2CC3C(CCC4CC(=O)C(C=O)=CC43C)C2CCC2(C1)OC1CC(C)CNC1[C@H]2C. The van der Waals surface area contributed by atoms with E-state index in [9.17, 15) is 9.59 Å². The normalized spacial score (nSPS) is 48.5. The Bertz CT molecular complexity index is 977. The monoisotopic (exact) mass is 477 g/mol. The van der Waals surface area contributed by atoms with Crippen molar-refractivity contribution in [1.82, 2.24) is 5.32 Å². The Balaban J connectivity index is 0.00000124. The number of hydrogen-bond acceptors (Lipinski definition) is 4. The van der Waals surface area contributed by atoms with Crippen LogP contribution in [0.3, 0.4) is 0 Å². The van der Waals surface area contributed by atoms with Crippen molar-refractivity contribution in [3.8, 4) is 12.8 Å². The molecule has 2 saturated carbocycles. The molecular weight excluding hydrogens is 434 g/mol. The maximum atomic E-state index is 12.4. The molecule has 0 radical (unpaired) electrons. The standard InChI is InChI=1S/C29H41NO3.C2H2/c1-16-9-26-27(30-14-16)18(3)29(33-26)8-7-21-22-6-5-20-10-25(32)19(15-31)13-28(20,4)24(22)11-23(21)17(2)12-29;1-2/h13,15-16,18,20-22,24,26-27,30H,5-12,14H2,1-4H3;1-2H/t16?,18-,20?,21?,22?,24?,26?,27?,28?,29?;/m1./s1. The Morgan fingerprint density at radius 2 is 1.94 bits per heavy atom. The number of allylic oxidation sites excluding steroid dienone is 3. The summed E-state index contributed by atoms with van der Waals surface area (Å²) in [6.45, 7) is 10.6. The zero-order valence-electron chi connectivity index (χ0n) is 22.0. The summed E-state index contributed by atoms with van der Waals surface area (Å²) in [5, 5.41) is 3.83. The summed E-state index contributed by atoms with van der Waals surface area (Å²) in [4.78, 5) is 24.0. The molecule has 6 aliphatic rings. The van der Waals surface area contributed by atoms with Crippen LogP contribution in [0.15, 0.2) is 22.8 Å². The van der Waals surface area contributed by atoms with Crippen LogP contribution < -0.4 is 5.32 Å². The molecule has 1 spiro atoms. The predicted octanol–water partition coefficient (Wildman–Crippen LogP) is 5.27. The van der Waals surface area contributed by atoms with E-state index in [0.29, 0.717) is 59.6 Å². The number of terminal acetylenes is 1. The fourth-order valence-corrected chi connectivity index (χ4v) is 9.44. The second-order valence-electron chi connectivity index (χ2n) is 12.9. The summed E-state index contributed by atoms with van der Waals surface area (Å²) < 4.78 is 6.99. The number of rotatable bonds is 1. The minimum Gasteiger partial charge on any atom is -0.369 e. The molecule has 4 fully saturated rings. The second kappa shape index (κ2) is 9.00. The van der Waals surface area contributed by atoms with Crippen molar-refractivity contribution >= 4 is 12.1 Å². The van der Waals surface area contributed by atoms with Crippen LogP contribution in [0, 0.1) is 53.8 Å². The number of fused-ring (bicyclic) bond motifs is 6. The summed E-state index contributed by atoms with van der Waals surface area (Å²) in [5.41, 5.74) is 3.69. The summed E-state index contributed by atoms with van der Waals surface area (Å²) in [6.07, 6.45) is 20.0. The van der Waals surface area contributed by atoms with Gasteiger partial charge in [0, 0.05) is 18.4 Å². The first-order valence-corrected chi connectivity index (χ1v) is 13.9. The number of ether oxygens (including phenoxy) is 1. The summed E-state index contributed by atoms with van der Waals surface area (Å²) >= 11 is 0. The molecule has 0 aromatic rings. The predicted molar refractivity (Wildman–Crippen MR) is 138 cm³/mol. The van der Waals surface area contributed by atoms with Gasteiger partial charge in [-0.05, 0) is 93.4 Å². The molecule has 2 heterocycles. The number of Topliss-reactive ketones (excluding diaryl/α,β-unsaturated/α-hetero) is 1. The highest BCUT2D eigenvalue weighted by atomic mass is 16.5. The molecule has 6 rings (SSSR count). The van der Waals surface area contributed by atoms with E-state index in [0.717, 1.165) is 32.1 Å². The van der Waals surface area contributed by atoms with Crippen molar-refractivity contribution in [1.29, 1.82) is 0 Å². The Morgan fingerprint density at radius 1 is 1.17 bits per heavy atom. The minimum absolute atomic E-state index is 0.00767. The third kappa shape index (κ3) is 3.72. The van der Waals surface area contributed by atoms with Gasteiger partial charge in [0.2, 0.25) is 0 Å². The van der Waals surface area contributed by atoms with E-state index in [1.54, 1.807) is 11.1 Å². The van der Waals surface area contributed by atoms with E-state index >= 15 is 0 Å². The molecule has 10 atom stereocenters. The maximum Gasteiger partial charge on any atom is 0.166 e. The van der Waals surface area contributed by atoms with Gasteiger partial charge in [-0.2, -0.15) is 0 Å². The van der Waals surface area contributed by atoms with Gasteiger partial charge in [0.25, 0.3) is 0 Å². The lowest BCUT2D eigenvalue weighted by Crippen LogP contribution is -2.48. The Kier molecular flexibility index (Phi) is 6.42.